The normalized spacial score (nSPS) is 11.6. The Balaban J connectivity index is 1.90. The first-order valence-electron chi connectivity index (χ1n) is 10.4. The monoisotopic (exact) mass is 457 g/mol. The number of fused-ring (bicyclic) bond motifs is 1. The summed E-state index contributed by atoms with van der Waals surface area (Å²) in [6.45, 7) is 7.52. The summed E-state index contributed by atoms with van der Waals surface area (Å²) in [5, 5.41) is 8.04. The molecule has 3 rings (SSSR count). The van der Waals surface area contributed by atoms with Crippen molar-refractivity contribution in [3.05, 3.63) is 48.2 Å². The molecule has 0 atom stereocenters. The van der Waals surface area contributed by atoms with Crippen molar-refractivity contribution in [2.75, 3.05) is 12.5 Å². The molecule has 1 heterocycles. The smallest absolute Gasteiger partial charge is 0.320 e. The van der Waals surface area contributed by atoms with Crippen LogP contribution in [0, 0.1) is 0 Å². The van der Waals surface area contributed by atoms with Gasteiger partial charge in [-0.1, -0.05) is 24.3 Å². The molecule has 0 fully saturated rings. The number of aryl methyl sites for hydroxylation is 1. The number of carbonyl (C=O) groups is 2. The summed E-state index contributed by atoms with van der Waals surface area (Å²) in [5.74, 6) is -0.316. The van der Waals surface area contributed by atoms with Crippen molar-refractivity contribution in [2.24, 2.45) is 7.05 Å². The van der Waals surface area contributed by atoms with Crippen molar-refractivity contribution >= 4 is 34.4 Å². The molecule has 8 heteroatoms. The molecule has 0 saturated heterocycles. The lowest BCUT2D eigenvalue weighted by Gasteiger charge is -2.25. The fraction of sp³-hybridized carbons (Fsp3) is 0.375. The van der Waals surface area contributed by atoms with E-state index in [4.69, 9.17) is 21.1 Å². The predicted molar refractivity (Wildman–Crippen MR) is 125 cm³/mol. The van der Waals surface area contributed by atoms with Gasteiger partial charge in [-0.3, -0.25) is 14.3 Å². The number of halogens is 1. The minimum absolute atomic E-state index is 0.00580. The average Bonchev–Trinajstić information content (AvgIpc) is 3.08. The zero-order valence-corrected chi connectivity index (χ0v) is 19.7. The van der Waals surface area contributed by atoms with E-state index in [1.54, 1.807) is 25.6 Å². The lowest BCUT2D eigenvalue weighted by atomic mass is 10.0. The minimum Gasteiger partial charge on any atom is -0.490 e. The molecule has 1 aromatic heterocycles. The molecule has 0 radical (unpaired) electrons. The largest absolute Gasteiger partial charge is 0.490 e. The van der Waals surface area contributed by atoms with E-state index in [-0.39, 0.29) is 24.5 Å². The van der Waals surface area contributed by atoms with E-state index in [2.05, 4.69) is 10.4 Å². The van der Waals surface area contributed by atoms with E-state index in [0.29, 0.717) is 5.69 Å². The van der Waals surface area contributed by atoms with E-state index < -0.39 is 11.5 Å². The summed E-state index contributed by atoms with van der Waals surface area (Å²) < 4.78 is 12.7. The fourth-order valence-corrected chi connectivity index (χ4v) is 3.43. The molecule has 0 bridgehead atoms. The molecule has 7 nitrogen and oxygen atoms in total. The maximum Gasteiger partial charge on any atom is 0.320 e. The summed E-state index contributed by atoms with van der Waals surface area (Å²) in [4.78, 5) is 24.3. The highest BCUT2D eigenvalue weighted by Gasteiger charge is 2.26. The van der Waals surface area contributed by atoms with Crippen molar-refractivity contribution in [3.8, 4) is 16.9 Å². The Morgan fingerprint density at radius 2 is 1.91 bits per heavy atom. The van der Waals surface area contributed by atoms with Crippen LogP contribution in [-0.4, -0.2) is 45.8 Å². The minimum atomic E-state index is -0.782. The molecule has 32 heavy (non-hydrogen) atoms. The number of aromatic nitrogens is 2. The van der Waals surface area contributed by atoms with Crippen LogP contribution in [0.5, 0.6) is 5.75 Å². The molecule has 170 valence electrons. The average molecular weight is 458 g/mol. The topological polar surface area (TPSA) is 82.4 Å². The van der Waals surface area contributed by atoms with Gasteiger partial charge in [0.25, 0.3) is 5.91 Å². The number of nitrogens with zero attached hydrogens (tertiary/aromatic N) is 2. The van der Waals surface area contributed by atoms with Gasteiger partial charge in [-0.2, -0.15) is 5.10 Å². The maximum absolute atomic E-state index is 13.0. The summed E-state index contributed by atoms with van der Waals surface area (Å²) in [7, 11) is 1.80. The molecule has 0 unspecified atom stereocenters. The van der Waals surface area contributed by atoms with E-state index in [1.165, 1.54) is 0 Å². The van der Waals surface area contributed by atoms with Gasteiger partial charge in [0.1, 0.15) is 18.2 Å². The summed E-state index contributed by atoms with van der Waals surface area (Å²) in [6, 6.07) is 13.7. The third kappa shape index (κ3) is 5.40. The second-order valence-electron chi connectivity index (χ2n) is 8.50. The van der Waals surface area contributed by atoms with Crippen LogP contribution in [-0.2, 0) is 16.6 Å². The number of rotatable bonds is 8. The second-order valence-corrected chi connectivity index (χ2v) is 8.77. The number of nitrogens with one attached hydrogen (secondary N) is 1. The molecule has 3 aromatic rings. The van der Waals surface area contributed by atoms with Crippen LogP contribution in [0.25, 0.3) is 22.0 Å². The van der Waals surface area contributed by atoms with Crippen molar-refractivity contribution in [1.82, 2.24) is 15.1 Å². The fourth-order valence-electron chi connectivity index (χ4n) is 3.36. The Bertz CT molecular complexity index is 1140. The van der Waals surface area contributed by atoms with Crippen LogP contribution in [0.1, 0.15) is 38.2 Å². The van der Waals surface area contributed by atoms with Gasteiger partial charge in [0.05, 0.1) is 17.2 Å². The highest BCUT2D eigenvalue weighted by molar-refractivity contribution is 6.26. The SMILES string of the molecule is CC(C)Oc1ccccc1-c1ccc2c(C(=O)NC(C)(C)COC(=O)CCl)nn(C)c2c1. The van der Waals surface area contributed by atoms with Crippen LogP contribution < -0.4 is 10.1 Å². The van der Waals surface area contributed by atoms with Gasteiger partial charge in [0, 0.05) is 18.0 Å². The Labute approximate surface area is 192 Å². The lowest BCUT2D eigenvalue weighted by molar-refractivity contribution is -0.142. The summed E-state index contributed by atoms with van der Waals surface area (Å²) >= 11 is 5.46. The van der Waals surface area contributed by atoms with E-state index >= 15 is 0 Å². The maximum atomic E-state index is 13.0. The summed E-state index contributed by atoms with van der Waals surface area (Å²) in [6.07, 6.45) is 0.0546. The predicted octanol–water partition coefficient (Wildman–Crippen LogP) is 4.32. The number of esters is 1. The molecule has 0 spiro atoms. The molecule has 0 aliphatic rings. The lowest BCUT2D eigenvalue weighted by Crippen LogP contribution is -2.47. The Morgan fingerprint density at radius 3 is 2.59 bits per heavy atom. The molecule has 0 aliphatic heterocycles. The van der Waals surface area contributed by atoms with Gasteiger partial charge in [-0.25, -0.2) is 0 Å². The first kappa shape index (κ1) is 23.6. The molecule has 1 amide bonds. The standard InChI is InChI=1S/C24H28ClN3O4/c1-15(2)32-20-9-7-6-8-17(20)16-10-11-18-19(12-16)28(5)27-22(18)23(30)26-24(3,4)14-31-21(29)13-25/h6-12,15H,13-14H2,1-5H3,(H,26,30). The first-order chi connectivity index (χ1) is 15.1. The van der Waals surface area contributed by atoms with Crippen molar-refractivity contribution in [2.45, 2.75) is 39.3 Å². The van der Waals surface area contributed by atoms with Crippen LogP contribution >= 0.6 is 11.6 Å². The first-order valence-corrected chi connectivity index (χ1v) is 10.9. The number of hydrogen-bond acceptors (Lipinski definition) is 5. The number of benzene rings is 2. The van der Waals surface area contributed by atoms with Gasteiger partial charge in [-0.15, -0.1) is 11.6 Å². The molecule has 0 aliphatic carbocycles. The summed E-state index contributed by atoms with van der Waals surface area (Å²) in [5.41, 5.74) is 2.28. The zero-order valence-electron chi connectivity index (χ0n) is 18.9. The quantitative estimate of drug-likeness (QED) is 0.402. The molecule has 1 N–H and O–H groups in total. The Hall–Kier alpha value is -3.06. The molecular formula is C24H28ClN3O4. The van der Waals surface area contributed by atoms with Crippen LogP contribution in [0.3, 0.4) is 0 Å². The Kier molecular flexibility index (Phi) is 7.09. The zero-order chi connectivity index (χ0) is 23.5. The third-order valence-corrected chi connectivity index (χ3v) is 5.00. The number of alkyl halides is 1. The number of para-hydroxylation sites is 1. The van der Waals surface area contributed by atoms with Crippen LogP contribution in [0.2, 0.25) is 0 Å². The van der Waals surface area contributed by atoms with Gasteiger partial charge in [-0.05, 0) is 51.5 Å². The molecule has 0 saturated carbocycles. The van der Waals surface area contributed by atoms with Gasteiger partial charge in [0.15, 0.2) is 5.69 Å². The highest BCUT2D eigenvalue weighted by atomic mass is 35.5. The van der Waals surface area contributed by atoms with Crippen molar-refractivity contribution in [1.29, 1.82) is 0 Å². The second kappa shape index (κ2) is 9.61. The molecular weight excluding hydrogens is 430 g/mol. The van der Waals surface area contributed by atoms with Crippen molar-refractivity contribution in [3.63, 3.8) is 0 Å². The van der Waals surface area contributed by atoms with Crippen molar-refractivity contribution < 1.29 is 19.1 Å². The Morgan fingerprint density at radius 1 is 1.19 bits per heavy atom. The number of ether oxygens (including phenoxy) is 2. The van der Waals surface area contributed by atoms with Gasteiger partial charge < -0.3 is 14.8 Å². The number of carbonyl (C=O) groups excluding carboxylic acids is 2. The van der Waals surface area contributed by atoms with E-state index in [9.17, 15) is 9.59 Å². The molecule has 2 aromatic carbocycles. The third-order valence-electron chi connectivity index (χ3n) is 4.78. The van der Waals surface area contributed by atoms with Gasteiger partial charge in [0.2, 0.25) is 0 Å². The number of hydrogen-bond donors (Lipinski definition) is 1. The number of amides is 1. The van der Waals surface area contributed by atoms with Crippen LogP contribution in [0.4, 0.5) is 0 Å². The van der Waals surface area contributed by atoms with E-state index in [1.807, 2.05) is 56.3 Å². The van der Waals surface area contributed by atoms with Gasteiger partial charge >= 0.3 is 5.97 Å². The van der Waals surface area contributed by atoms with Crippen LogP contribution in [0.15, 0.2) is 42.5 Å². The van der Waals surface area contributed by atoms with E-state index in [0.717, 1.165) is 27.8 Å². The highest BCUT2D eigenvalue weighted by Crippen LogP contribution is 2.33.